The lowest BCUT2D eigenvalue weighted by Crippen LogP contribution is -2.28. The average Bonchev–Trinajstić information content (AvgIpc) is 2.53. The van der Waals surface area contributed by atoms with Gasteiger partial charge in [-0.1, -0.05) is 24.3 Å². The van der Waals surface area contributed by atoms with Crippen LogP contribution in [0, 0.1) is 11.3 Å². The molecule has 1 unspecified atom stereocenters. The summed E-state index contributed by atoms with van der Waals surface area (Å²) in [5, 5.41) is 15.0. The zero-order valence-electron chi connectivity index (χ0n) is 10.6. The van der Waals surface area contributed by atoms with E-state index in [1.165, 1.54) is 16.0 Å². The Hall–Kier alpha value is -2.38. The molecule has 1 atom stereocenters. The van der Waals surface area contributed by atoms with Gasteiger partial charge in [0.2, 0.25) is 0 Å². The number of hydrogen-bond donors (Lipinski definition) is 2. The first-order chi connectivity index (χ1) is 9.86. The SMILES string of the molecule is N#CC1=CC2=c3ccc4c(c3NSC2C=C1)NC=CC=4. The van der Waals surface area contributed by atoms with Gasteiger partial charge in [-0.3, -0.25) is 0 Å². The molecule has 0 saturated heterocycles. The summed E-state index contributed by atoms with van der Waals surface area (Å²) in [6.07, 6.45) is 12.0. The van der Waals surface area contributed by atoms with Crippen molar-refractivity contribution in [1.29, 1.82) is 5.26 Å². The first-order valence-electron chi connectivity index (χ1n) is 6.39. The van der Waals surface area contributed by atoms with Crippen LogP contribution in [0.15, 0.2) is 48.2 Å². The minimum absolute atomic E-state index is 0.265. The fraction of sp³-hybridized carbons (Fsp3) is 0.0625. The standard InChI is InChI=1S/C16H11N3S/c17-9-10-3-6-14-13(8-10)12-5-4-11-2-1-7-18-15(11)16(12)19-20-14/h1-8,14,18-19H. The maximum Gasteiger partial charge on any atom is 0.0991 e. The molecule has 1 aromatic carbocycles. The Labute approximate surface area is 120 Å². The molecule has 2 N–H and O–H groups in total. The number of anilines is 2. The van der Waals surface area contributed by atoms with Gasteiger partial charge in [-0.25, -0.2) is 0 Å². The van der Waals surface area contributed by atoms with Crippen molar-refractivity contribution in [3.63, 3.8) is 0 Å². The fourth-order valence-electron chi connectivity index (χ4n) is 2.66. The second-order valence-electron chi connectivity index (χ2n) is 4.79. The molecule has 3 nitrogen and oxygen atoms in total. The van der Waals surface area contributed by atoms with Crippen LogP contribution in [0.25, 0.3) is 11.6 Å². The third kappa shape index (κ3) is 1.60. The lowest BCUT2D eigenvalue weighted by atomic mass is 9.97. The maximum atomic E-state index is 9.09. The predicted octanol–water partition coefficient (Wildman–Crippen LogP) is 2.02. The first-order valence-corrected chi connectivity index (χ1v) is 7.27. The Bertz CT molecular complexity index is 853. The minimum atomic E-state index is 0.265. The molecule has 0 saturated carbocycles. The van der Waals surface area contributed by atoms with E-state index >= 15 is 0 Å². The third-order valence-electron chi connectivity index (χ3n) is 3.63. The molecule has 0 amide bonds. The van der Waals surface area contributed by atoms with Gasteiger partial charge in [0.1, 0.15) is 0 Å². The molecule has 4 rings (SSSR count). The van der Waals surface area contributed by atoms with E-state index in [4.69, 9.17) is 5.26 Å². The summed E-state index contributed by atoms with van der Waals surface area (Å²) < 4.78 is 3.44. The predicted molar refractivity (Wildman–Crippen MR) is 84.2 cm³/mol. The average molecular weight is 277 g/mol. The van der Waals surface area contributed by atoms with Crippen LogP contribution < -0.4 is 20.5 Å². The highest BCUT2D eigenvalue weighted by Gasteiger charge is 2.23. The van der Waals surface area contributed by atoms with E-state index in [9.17, 15) is 0 Å². The summed E-state index contributed by atoms with van der Waals surface area (Å²) in [6.45, 7) is 0. The van der Waals surface area contributed by atoms with Crippen LogP contribution >= 0.6 is 11.9 Å². The molecule has 0 spiro atoms. The zero-order chi connectivity index (χ0) is 13.5. The molecule has 0 radical (unpaired) electrons. The second-order valence-corrected chi connectivity index (χ2v) is 5.74. The van der Waals surface area contributed by atoms with Crippen LogP contribution in [0.5, 0.6) is 0 Å². The molecule has 4 heteroatoms. The monoisotopic (exact) mass is 277 g/mol. The highest BCUT2D eigenvalue weighted by Crippen LogP contribution is 2.33. The van der Waals surface area contributed by atoms with Gasteiger partial charge >= 0.3 is 0 Å². The van der Waals surface area contributed by atoms with E-state index in [1.807, 2.05) is 24.4 Å². The largest absolute Gasteiger partial charge is 0.359 e. The highest BCUT2D eigenvalue weighted by atomic mass is 32.2. The van der Waals surface area contributed by atoms with Gasteiger partial charge in [0.15, 0.2) is 0 Å². The van der Waals surface area contributed by atoms with Crippen LogP contribution in [0.1, 0.15) is 0 Å². The van der Waals surface area contributed by atoms with Gasteiger partial charge in [0.05, 0.1) is 28.3 Å². The summed E-state index contributed by atoms with van der Waals surface area (Å²) in [7, 11) is 0. The molecule has 20 heavy (non-hydrogen) atoms. The van der Waals surface area contributed by atoms with Gasteiger partial charge in [-0.15, -0.1) is 0 Å². The van der Waals surface area contributed by atoms with Crippen LogP contribution in [0.4, 0.5) is 11.4 Å². The zero-order valence-corrected chi connectivity index (χ0v) is 11.4. The maximum absolute atomic E-state index is 9.09. The van der Waals surface area contributed by atoms with E-state index in [-0.39, 0.29) is 5.25 Å². The summed E-state index contributed by atoms with van der Waals surface area (Å²) >= 11 is 1.67. The summed E-state index contributed by atoms with van der Waals surface area (Å²) in [5.74, 6) is 0. The van der Waals surface area contributed by atoms with Crippen molar-refractivity contribution >= 4 is 35.0 Å². The molecule has 0 bridgehead atoms. The van der Waals surface area contributed by atoms with Crippen molar-refractivity contribution < 1.29 is 0 Å². The van der Waals surface area contributed by atoms with Gasteiger partial charge in [-0.05, 0) is 35.7 Å². The number of rotatable bonds is 0. The smallest absolute Gasteiger partial charge is 0.0991 e. The molecule has 2 aliphatic heterocycles. The van der Waals surface area contributed by atoms with Crippen molar-refractivity contribution in [2.45, 2.75) is 5.25 Å². The molecular weight excluding hydrogens is 266 g/mol. The van der Waals surface area contributed by atoms with E-state index in [0.717, 1.165) is 11.4 Å². The fourth-order valence-corrected chi connectivity index (χ4v) is 3.60. The van der Waals surface area contributed by atoms with Gasteiger partial charge < -0.3 is 10.0 Å². The Balaban J connectivity index is 2.05. The number of nitrogens with one attached hydrogen (secondary N) is 2. The molecule has 0 fully saturated rings. The van der Waals surface area contributed by atoms with Crippen molar-refractivity contribution in [3.05, 3.63) is 58.6 Å². The van der Waals surface area contributed by atoms with Gasteiger partial charge in [0.25, 0.3) is 0 Å². The van der Waals surface area contributed by atoms with E-state index in [0.29, 0.717) is 5.57 Å². The Morgan fingerprint density at radius 1 is 1.25 bits per heavy atom. The van der Waals surface area contributed by atoms with Crippen LogP contribution in [0.3, 0.4) is 0 Å². The van der Waals surface area contributed by atoms with Crippen LogP contribution in [-0.2, 0) is 0 Å². The number of allylic oxidation sites excluding steroid dienone is 4. The lowest BCUT2D eigenvalue weighted by Gasteiger charge is -2.26. The quantitative estimate of drug-likeness (QED) is 0.712. The number of benzene rings is 1. The molecule has 1 aromatic rings. The molecule has 1 aliphatic carbocycles. The number of hydrogen-bond acceptors (Lipinski definition) is 4. The minimum Gasteiger partial charge on any atom is -0.359 e. The van der Waals surface area contributed by atoms with Crippen molar-refractivity contribution in [2.75, 3.05) is 10.0 Å². The molecule has 2 heterocycles. The van der Waals surface area contributed by atoms with E-state index < -0.39 is 0 Å². The summed E-state index contributed by atoms with van der Waals surface area (Å²) in [6, 6.07) is 6.47. The van der Waals surface area contributed by atoms with E-state index in [1.54, 1.807) is 11.9 Å². The first kappa shape index (κ1) is 11.4. The third-order valence-corrected chi connectivity index (χ3v) is 4.62. The summed E-state index contributed by atoms with van der Waals surface area (Å²) in [4.78, 5) is 0. The molecule has 3 aliphatic rings. The molecular formula is C16H11N3S. The van der Waals surface area contributed by atoms with Crippen LogP contribution in [0.2, 0.25) is 0 Å². The van der Waals surface area contributed by atoms with Crippen molar-refractivity contribution in [3.8, 4) is 6.07 Å². The number of nitrogens with zero attached hydrogens (tertiary/aromatic N) is 1. The number of fused-ring (bicyclic) bond motifs is 4. The topological polar surface area (TPSA) is 47.9 Å². The van der Waals surface area contributed by atoms with E-state index in [2.05, 4.69) is 40.4 Å². The molecule has 96 valence electrons. The van der Waals surface area contributed by atoms with Crippen molar-refractivity contribution in [2.24, 2.45) is 0 Å². The lowest BCUT2D eigenvalue weighted by molar-refractivity contribution is 1.33. The van der Waals surface area contributed by atoms with Crippen molar-refractivity contribution in [1.82, 2.24) is 0 Å². The second kappa shape index (κ2) is 4.32. The normalized spacial score (nSPS) is 21.2. The Kier molecular flexibility index (Phi) is 2.48. The van der Waals surface area contributed by atoms with Gasteiger partial charge in [-0.2, -0.15) is 5.26 Å². The van der Waals surface area contributed by atoms with Crippen LogP contribution in [-0.4, -0.2) is 5.25 Å². The highest BCUT2D eigenvalue weighted by molar-refractivity contribution is 8.01. The molecule has 0 aromatic heterocycles. The Morgan fingerprint density at radius 3 is 3.10 bits per heavy atom. The number of nitriles is 1. The summed E-state index contributed by atoms with van der Waals surface area (Å²) in [5.41, 5.74) is 4.11. The van der Waals surface area contributed by atoms with Gasteiger partial charge in [0, 0.05) is 16.6 Å². The Morgan fingerprint density at radius 2 is 2.20 bits per heavy atom.